The number of hydrogen-bond acceptors (Lipinski definition) is 7. The van der Waals surface area contributed by atoms with Crippen molar-refractivity contribution in [3.05, 3.63) is 63.0 Å². The van der Waals surface area contributed by atoms with Crippen LogP contribution in [0.4, 0.5) is 5.69 Å². The van der Waals surface area contributed by atoms with E-state index in [0.717, 1.165) is 39.3 Å². The van der Waals surface area contributed by atoms with E-state index in [4.69, 9.17) is 18.6 Å². The van der Waals surface area contributed by atoms with Crippen molar-refractivity contribution in [2.75, 3.05) is 25.9 Å². The highest BCUT2D eigenvalue weighted by Gasteiger charge is 2.24. The molecule has 0 aliphatic carbocycles. The van der Waals surface area contributed by atoms with E-state index in [1.807, 2.05) is 44.2 Å². The molecule has 0 saturated carbocycles. The molecule has 3 aromatic rings. The molecule has 0 radical (unpaired) electrons. The van der Waals surface area contributed by atoms with E-state index in [-0.39, 0.29) is 6.42 Å². The second kappa shape index (κ2) is 7.74. The Morgan fingerprint density at radius 1 is 1.13 bits per heavy atom. The number of benzene rings is 2. The summed E-state index contributed by atoms with van der Waals surface area (Å²) in [7, 11) is 2.93. The molecule has 156 valence electrons. The summed E-state index contributed by atoms with van der Waals surface area (Å²) in [6.07, 6.45) is -0.120. The van der Waals surface area contributed by atoms with Gasteiger partial charge in [-0.3, -0.25) is 4.79 Å². The maximum atomic E-state index is 12.5. The summed E-state index contributed by atoms with van der Waals surface area (Å²) < 4.78 is 21.6. The third kappa shape index (κ3) is 3.36. The lowest BCUT2D eigenvalue weighted by atomic mass is 9.97. The predicted molar refractivity (Wildman–Crippen MR) is 112 cm³/mol. The van der Waals surface area contributed by atoms with Gasteiger partial charge in [0.2, 0.25) is 0 Å². The van der Waals surface area contributed by atoms with E-state index in [1.54, 1.807) is 7.11 Å². The van der Waals surface area contributed by atoms with Crippen LogP contribution in [0.25, 0.3) is 11.0 Å². The summed E-state index contributed by atoms with van der Waals surface area (Å²) in [6, 6.07) is 9.77. The number of carbonyl (C=O) groups is 1. The van der Waals surface area contributed by atoms with E-state index in [9.17, 15) is 9.59 Å². The van der Waals surface area contributed by atoms with Gasteiger partial charge in [-0.15, -0.1) is 0 Å². The van der Waals surface area contributed by atoms with Crippen molar-refractivity contribution in [1.82, 2.24) is 0 Å². The van der Waals surface area contributed by atoms with Gasteiger partial charge in [-0.05, 0) is 49.7 Å². The molecule has 0 fully saturated rings. The minimum absolute atomic E-state index is 0.120. The summed E-state index contributed by atoms with van der Waals surface area (Å²) in [5.74, 6) is 1.05. The number of hydrogen-bond donors (Lipinski definition) is 0. The smallest absolute Gasteiger partial charge is 0.340 e. The van der Waals surface area contributed by atoms with Gasteiger partial charge in [0.1, 0.15) is 17.1 Å². The first-order chi connectivity index (χ1) is 14.4. The molecule has 0 N–H and O–H groups in total. The van der Waals surface area contributed by atoms with Gasteiger partial charge in [-0.1, -0.05) is 0 Å². The Morgan fingerprint density at radius 2 is 1.87 bits per heavy atom. The number of anilines is 1. The van der Waals surface area contributed by atoms with E-state index in [1.165, 1.54) is 7.11 Å². The van der Waals surface area contributed by atoms with Crippen LogP contribution >= 0.6 is 0 Å². The average Bonchev–Trinajstić information content (AvgIpc) is 2.77. The van der Waals surface area contributed by atoms with E-state index in [2.05, 4.69) is 4.90 Å². The zero-order valence-corrected chi connectivity index (χ0v) is 17.4. The van der Waals surface area contributed by atoms with Crippen molar-refractivity contribution < 1.29 is 23.4 Å². The number of ether oxygens (including phenoxy) is 3. The van der Waals surface area contributed by atoms with E-state index < -0.39 is 11.6 Å². The number of esters is 1. The highest BCUT2D eigenvalue weighted by atomic mass is 16.5. The van der Waals surface area contributed by atoms with Gasteiger partial charge in [0, 0.05) is 28.7 Å². The number of methoxy groups -OCH3 is 2. The molecule has 2 aromatic carbocycles. The molecule has 1 aliphatic rings. The maximum absolute atomic E-state index is 12.5. The Balaban J connectivity index is 1.77. The van der Waals surface area contributed by atoms with Crippen LogP contribution in [0, 0.1) is 13.8 Å². The fourth-order valence-electron chi connectivity index (χ4n) is 3.82. The highest BCUT2D eigenvalue weighted by molar-refractivity contribution is 5.88. The Kier molecular flexibility index (Phi) is 5.11. The number of rotatable bonds is 4. The van der Waals surface area contributed by atoms with Gasteiger partial charge in [0.05, 0.1) is 26.2 Å². The van der Waals surface area contributed by atoms with Crippen molar-refractivity contribution in [3.63, 3.8) is 0 Å². The van der Waals surface area contributed by atoms with Crippen LogP contribution in [0.1, 0.15) is 22.3 Å². The zero-order valence-electron chi connectivity index (χ0n) is 17.4. The summed E-state index contributed by atoms with van der Waals surface area (Å²) in [5, 5.41) is 0.796. The lowest BCUT2D eigenvalue weighted by molar-refractivity contribution is -0.139. The van der Waals surface area contributed by atoms with Crippen molar-refractivity contribution in [2.24, 2.45) is 0 Å². The zero-order chi connectivity index (χ0) is 21.4. The molecule has 0 saturated heterocycles. The molecule has 30 heavy (non-hydrogen) atoms. The van der Waals surface area contributed by atoms with Crippen LogP contribution in [0.5, 0.6) is 11.5 Å². The molecule has 0 atom stereocenters. The summed E-state index contributed by atoms with van der Waals surface area (Å²) in [4.78, 5) is 26.3. The van der Waals surface area contributed by atoms with Crippen LogP contribution in [0.3, 0.4) is 0 Å². The molecular weight excluding hydrogens is 386 g/mol. The van der Waals surface area contributed by atoms with Gasteiger partial charge >= 0.3 is 11.6 Å². The highest BCUT2D eigenvalue weighted by Crippen LogP contribution is 2.37. The number of nitrogens with zero attached hydrogens (tertiary/aromatic N) is 1. The third-order valence-corrected chi connectivity index (χ3v) is 5.55. The van der Waals surface area contributed by atoms with Gasteiger partial charge < -0.3 is 23.5 Å². The minimum atomic E-state index is -0.524. The third-order valence-electron chi connectivity index (χ3n) is 5.55. The van der Waals surface area contributed by atoms with Gasteiger partial charge in [-0.25, -0.2) is 4.79 Å². The molecule has 7 heteroatoms. The van der Waals surface area contributed by atoms with Crippen molar-refractivity contribution in [2.45, 2.75) is 26.8 Å². The first-order valence-corrected chi connectivity index (χ1v) is 9.60. The van der Waals surface area contributed by atoms with Crippen molar-refractivity contribution in [1.29, 1.82) is 0 Å². The van der Waals surface area contributed by atoms with Crippen molar-refractivity contribution >= 4 is 22.6 Å². The van der Waals surface area contributed by atoms with Gasteiger partial charge in [0.15, 0.2) is 6.73 Å². The molecule has 4 rings (SSSR count). The fourth-order valence-corrected chi connectivity index (χ4v) is 3.82. The lowest BCUT2D eigenvalue weighted by Gasteiger charge is -2.32. The number of aryl methyl sites for hydroxylation is 2. The first kappa shape index (κ1) is 19.8. The molecule has 0 unspecified atom stereocenters. The molecule has 1 aromatic heterocycles. The molecule has 1 aliphatic heterocycles. The van der Waals surface area contributed by atoms with Crippen molar-refractivity contribution in [3.8, 4) is 11.5 Å². The maximum Gasteiger partial charge on any atom is 0.340 e. The molecule has 0 spiro atoms. The molecular formula is C23H23NO6. The van der Waals surface area contributed by atoms with Crippen LogP contribution in [0.15, 0.2) is 39.5 Å². The summed E-state index contributed by atoms with van der Waals surface area (Å²) in [6.45, 7) is 4.74. The second-order valence-corrected chi connectivity index (χ2v) is 7.28. The Labute approximate surface area is 173 Å². The van der Waals surface area contributed by atoms with Gasteiger partial charge in [0.25, 0.3) is 0 Å². The molecule has 0 amide bonds. The Bertz CT molecular complexity index is 1180. The SMILES string of the molecule is COC(=O)Cc1c(C)c2cc3c(c(C)c2oc1=O)OCN(c1ccc(OC)cc1)C3. The Hall–Kier alpha value is -3.48. The second-order valence-electron chi connectivity index (χ2n) is 7.28. The average molecular weight is 409 g/mol. The summed E-state index contributed by atoms with van der Waals surface area (Å²) >= 11 is 0. The standard InChI is InChI=1S/C23H23NO6/c1-13-18-9-15-11-24(16-5-7-17(27-3)8-6-16)12-29-21(15)14(2)22(18)30-23(26)19(13)10-20(25)28-4/h5-9H,10-12H2,1-4H3. The molecule has 2 heterocycles. The van der Waals surface area contributed by atoms with Gasteiger partial charge in [-0.2, -0.15) is 0 Å². The van der Waals surface area contributed by atoms with Crippen LogP contribution in [-0.2, 0) is 22.5 Å². The molecule has 7 nitrogen and oxygen atoms in total. The lowest BCUT2D eigenvalue weighted by Crippen LogP contribution is -2.32. The minimum Gasteiger partial charge on any atom is -0.497 e. The molecule has 0 bridgehead atoms. The van der Waals surface area contributed by atoms with Crippen LogP contribution in [0.2, 0.25) is 0 Å². The monoisotopic (exact) mass is 409 g/mol. The number of fused-ring (bicyclic) bond motifs is 2. The summed E-state index contributed by atoms with van der Waals surface area (Å²) in [5.41, 5.74) is 3.79. The predicted octanol–water partition coefficient (Wildman–Crippen LogP) is 3.49. The quantitative estimate of drug-likeness (QED) is 0.482. The van der Waals surface area contributed by atoms with E-state index in [0.29, 0.717) is 24.4 Å². The first-order valence-electron chi connectivity index (χ1n) is 9.60. The van der Waals surface area contributed by atoms with Crippen LogP contribution in [-0.4, -0.2) is 26.9 Å². The topological polar surface area (TPSA) is 78.2 Å². The normalized spacial score (nSPS) is 13.0. The Morgan fingerprint density at radius 3 is 2.53 bits per heavy atom. The van der Waals surface area contributed by atoms with Crippen LogP contribution < -0.4 is 20.0 Å². The fraction of sp³-hybridized carbons (Fsp3) is 0.304. The number of carbonyl (C=O) groups excluding carboxylic acids is 1. The van der Waals surface area contributed by atoms with E-state index >= 15 is 0 Å². The largest absolute Gasteiger partial charge is 0.497 e.